The molecule has 0 saturated heterocycles. The van der Waals surface area contributed by atoms with Crippen LogP contribution in [0.1, 0.15) is 26.2 Å². The molecule has 0 aliphatic carbocycles. The third-order valence-electron chi connectivity index (χ3n) is 1.30. The smallest absolute Gasteiger partial charge is 0.417 e. The highest BCUT2D eigenvalue weighted by Crippen LogP contribution is 1.95. The zero-order valence-electron chi connectivity index (χ0n) is 6.96. The normalized spacial score (nSPS) is 9.08. The summed E-state index contributed by atoms with van der Waals surface area (Å²) in [7, 11) is 0. The predicted octanol–water partition coefficient (Wildman–Crippen LogP) is 0.399. The van der Waals surface area contributed by atoms with Crippen molar-refractivity contribution in [3.63, 3.8) is 0 Å². The molecule has 0 saturated carbocycles. The van der Waals surface area contributed by atoms with Gasteiger partial charge in [0.2, 0.25) is 0 Å². The molecular weight excluding hydrogens is 160 g/mol. The van der Waals surface area contributed by atoms with E-state index < -0.39 is 0 Å². The molecule has 0 aliphatic rings. The lowest BCUT2D eigenvalue weighted by molar-refractivity contribution is -0.123. The monoisotopic (exact) mass is 171 g/mol. The number of ketones is 2. The van der Waals surface area contributed by atoms with Crippen molar-refractivity contribution in [1.29, 1.82) is 0 Å². The number of ether oxygens (including phenoxy) is 1. The van der Waals surface area contributed by atoms with Gasteiger partial charge >= 0.3 is 6.47 Å². The summed E-state index contributed by atoms with van der Waals surface area (Å²) < 4.78 is 4.20. The van der Waals surface area contributed by atoms with Gasteiger partial charge in [-0.15, -0.1) is 0 Å². The molecule has 0 atom stereocenters. The molecule has 0 rings (SSSR count). The highest BCUT2D eigenvalue weighted by atomic mass is 16.5. The van der Waals surface area contributed by atoms with Gasteiger partial charge in [-0.05, 0) is 6.92 Å². The molecule has 12 heavy (non-hydrogen) atoms. The molecule has 0 aromatic heterocycles. The average Bonchev–Trinajstić information content (AvgIpc) is 2.01. The Bertz CT molecular complexity index is 174. The van der Waals surface area contributed by atoms with Crippen LogP contribution in [-0.4, -0.2) is 24.6 Å². The molecule has 0 N–H and O–H groups in total. The van der Waals surface area contributed by atoms with Gasteiger partial charge in [-0.2, -0.15) is 0 Å². The largest absolute Gasteiger partial charge is 0.457 e. The molecule has 0 bridgehead atoms. The average molecular weight is 171 g/mol. The van der Waals surface area contributed by atoms with Gasteiger partial charge in [0.1, 0.15) is 11.6 Å². The standard InChI is InChI=1S/C8H11O4/c1-7(10)2-3-8(11)4-5-12-6-9/h2-5H2,1H3. The maximum atomic E-state index is 10.9. The first-order valence-corrected chi connectivity index (χ1v) is 3.67. The van der Waals surface area contributed by atoms with Gasteiger partial charge in [-0.1, -0.05) is 0 Å². The van der Waals surface area contributed by atoms with Crippen LogP contribution in [0.5, 0.6) is 0 Å². The van der Waals surface area contributed by atoms with Gasteiger partial charge < -0.3 is 9.53 Å². The minimum atomic E-state index is -0.0690. The maximum Gasteiger partial charge on any atom is 0.417 e. The molecule has 0 amide bonds. The van der Waals surface area contributed by atoms with Crippen molar-refractivity contribution in [3.8, 4) is 0 Å². The Balaban J connectivity index is 3.33. The minimum Gasteiger partial charge on any atom is -0.457 e. The lowest BCUT2D eigenvalue weighted by Crippen LogP contribution is -2.05. The van der Waals surface area contributed by atoms with Crippen LogP contribution in [0, 0.1) is 0 Å². The van der Waals surface area contributed by atoms with Crippen LogP contribution in [0.4, 0.5) is 0 Å². The number of Topliss-reactive ketones (excluding diaryl/α,β-unsaturated/α-hetero) is 2. The van der Waals surface area contributed by atoms with Crippen molar-refractivity contribution in [2.75, 3.05) is 6.61 Å². The second-order valence-electron chi connectivity index (χ2n) is 2.42. The van der Waals surface area contributed by atoms with E-state index in [1.807, 2.05) is 0 Å². The third-order valence-corrected chi connectivity index (χ3v) is 1.30. The van der Waals surface area contributed by atoms with E-state index in [1.165, 1.54) is 13.4 Å². The lowest BCUT2D eigenvalue weighted by atomic mass is 10.1. The van der Waals surface area contributed by atoms with Crippen molar-refractivity contribution in [1.82, 2.24) is 0 Å². The summed E-state index contributed by atoms with van der Waals surface area (Å²) in [4.78, 5) is 30.8. The molecule has 0 heterocycles. The lowest BCUT2D eigenvalue weighted by Gasteiger charge is -1.96. The first-order chi connectivity index (χ1) is 5.66. The van der Waals surface area contributed by atoms with E-state index in [9.17, 15) is 14.4 Å². The Hall–Kier alpha value is -1.19. The van der Waals surface area contributed by atoms with Crippen LogP contribution in [0.25, 0.3) is 0 Å². The van der Waals surface area contributed by atoms with Crippen LogP contribution >= 0.6 is 0 Å². The van der Waals surface area contributed by atoms with E-state index in [2.05, 4.69) is 4.74 Å². The van der Waals surface area contributed by atoms with Crippen LogP contribution in [0.2, 0.25) is 0 Å². The van der Waals surface area contributed by atoms with Gasteiger partial charge in [-0.25, -0.2) is 4.79 Å². The molecule has 0 fully saturated rings. The summed E-state index contributed by atoms with van der Waals surface area (Å²) in [6.45, 7) is 2.71. The van der Waals surface area contributed by atoms with Crippen molar-refractivity contribution in [2.45, 2.75) is 26.2 Å². The molecule has 0 spiro atoms. The predicted molar refractivity (Wildman–Crippen MR) is 41.2 cm³/mol. The number of hydrogen-bond donors (Lipinski definition) is 0. The van der Waals surface area contributed by atoms with E-state index in [-0.39, 0.29) is 37.4 Å². The minimum absolute atomic E-state index is 0.00813. The van der Waals surface area contributed by atoms with E-state index >= 15 is 0 Å². The Morgan fingerprint density at radius 1 is 1.25 bits per heavy atom. The van der Waals surface area contributed by atoms with E-state index in [0.29, 0.717) is 0 Å². The zero-order chi connectivity index (χ0) is 9.40. The van der Waals surface area contributed by atoms with Gasteiger partial charge in [0, 0.05) is 19.3 Å². The van der Waals surface area contributed by atoms with Crippen LogP contribution in [0.3, 0.4) is 0 Å². The summed E-state index contributed by atoms with van der Waals surface area (Å²) >= 11 is 0. The Morgan fingerprint density at radius 2 is 1.92 bits per heavy atom. The fourth-order valence-corrected chi connectivity index (χ4v) is 0.647. The Labute approximate surface area is 70.9 Å². The van der Waals surface area contributed by atoms with Crippen molar-refractivity contribution in [3.05, 3.63) is 0 Å². The molecule has 1 radical (unpaired) electrons. The van der Waals surface area contributed by atoms with Crippen molar-refractivity contribution in [2.24, 2.45) is 0 Å². The molecule has 67 valence electrons. The van der Waals surface area contributed by atoms with E-state index in [1.54, 1.807) is 0 Å². The second-order valence-corrected chi connectivity index (χ2v) is 2.42. The SMILES string of the molecule is CC(=O)CCC(=O)CCO[C]=O. The number of carbonyl (C=O) groups is 2. The highest BCUT2D eigenvalue weighted by molar-refractivity contribution is 5.84. The quantitative estimate of drug-likeness (QED) is 0.520. The first kappa shape index (κ1) is 10.8. The molecule has 0 aromatic rings. The topological polar surface area (TPSA) is 60.4 Å². The highest BCUT2D eigenvalue weighted by Gasteiger charge is 2.03. The van der Waals surface area contributed by atoms with Crippen molar-refractivity contribution < 1.29 is 19.1 Å². The van der Waals surface area contributed by atoms with Gasteiger partial charge in [0.25, 0.3) is 0 Å². The molecule has 4 nitrogen and oxygen atoms in total. The fraction of sp³-hybridized carbons (Fsp3) is 0.625. The summed E-state index contributed by atoms with van der Waals surface area (Å²) in [5.74, 6) is -0.0772. The zero-order valence-corrected chi connectivity index (χ0v) is 6.96. The van der Waals surface area contributed by atoms with Crippen LogP contribution in [-0.2, 0) is 19.1 Å². The molecule has 0 aromatic carbocycles. The number of carbonyl (C=O) groups excluding carboxylic acids is 3. The summed E-state index contributed by atoms with van der Waals surface area (Å²) in [6, 6.07) is 0. The summed E-state index contributed by atoms with van der Waals surface area (Å²) in [6.07, 6.45) is 0.670. The summed E-state index contributed by atoms with van der Waals surface area (Å²) in [5, 5.41) is 0. The maximum absolute atomic E-state index is 10.9. The van der Waals surface area contributed by atoms with E-state index in [0.717, 1.165) is 0 Å². The first-order valence-electron chi connectivity index (χ1n) is 3.67. The van der Waals surface area contributed by atoms with E-state index in [4.69, 9.17) is 0 Å². The fourth-order valence-electron chi connectivity index (χ4n) is 0.647. The number of rotatable bonds is 7. The van der Waals surface area contributed by atoms with Crippen molar-refractivity contribution >= 4 is 18.0 Å². The molecule has 4 heteroatoms. The number of hydrogen-bond acceptors (Lipinski definition) is 4. The Morgan fingerprint density at radius 3 is 2.42 bits per heavy atom. The van der Waals surface area contributed by atoms with Crippen LogP contribution in [0.15, 0.2) is 0 Å². The molecule has 0 aliphatic heterocycles. The van der Waals surface area contributed by atoms with Gasteiger partial charge in [0.15, 0.2) is 0 Å². The molecule has 0 unspecified atom stereocenters. The van der Waals surface area contributed by atoms with Crippen LogP contribution < -0.4 is 0 Å². The second kappa shape index (κ2) is 6.52. The van der Waals surface area contributed by atoms with Gasteiger partial charge in [0.05, 0.1) is 6.61 Å². The Kier molecular flexibility index (Phi) is 5.87. The third kappa shape index (κ3) is 6.92. The van der Waals surface area contributed by atoms with Gasteiger partial charge in [-0.3, -0.25) is 4.79 Å². The molecular formula is C8H11O4. The summed E-state index contributed by atoms with van der Waals surface area (Å²) in [5.41, 5.74) is 0.